The van der Waals surface area contributed by atoms with Crippen LogP contribution in [-0.4, -0.2) is 19.7 Å². The number of pyridine rings is 1. The van der Waals surface area contributed by atoms with Crippen LogP contribution in [0.25, 0.3) is 55.1 Å². The van der Waals surface area contributed by atoms with Crippen LogP contribution in [0.5, 0.6) is 11.5 Å². The Bertz CT molecular complexity index is 2970. The van der Waals surface area contributed by atoms with Crippen molar-refractivity contribution in [2.24, 2.45) is 0 Å². The van der Waals surface area contributed by atoms with Gasteiger partial charge >= 0.3 is 0 Å². The second-order valence-electron chi connectivity index (χ2n) is 16.6. The topological polar surface area (TPSA) is 38.5 Å². The van der Waals surface area contributed by atoms with Gasteiger partial charge in [-0.3, -0.25) is 0 Å². The molecule has 0 saturated carbocycles. The van der Waals surface area contributed by atoms with Crippen molar-refractivity contribution in [3.05, 3.63) is 164 Å². The molecule has 4 heterocycles. The standard InChI is InChI=1S/C50H42N5O.Pt/c1-49(2,3)33-27-28-51-46(29-33)55-44-26-25-39-38-19-10-11-20-41(38)54(34-15-8-7-9-16-34)48(39)47(44)40-24-23-37(31-45(40)55)56-36-18-14-17-35(30-36)52-32-53(50(4,5)6)43-22-13-12-21-42(43)52;/h7-29,32H,1-6H3;/q-3;. The molecule has 0 radical (unpaired) electrons. The van der Waals surface area contributed by atoms with Gasteiger partial charge in [-0.2, -0.15) is 18.8 Å². The largest absolute Gasteiger partial charge is 0.509 e. The van der Waals surface area contributed by atoms with E-state index in [4.69, 9.17) is 9.72 Å². The number of benzene rings is 6. The van der Waals surface area contributed by atoms with Gasteiger partial charge in [0.2, 0.25) is 0 Å². The summed E-state index contributed by atoms with van der Waals surface area (Å²) in [5, 5.41) is 4.63. The fourth-order valence-corrected chi connectivity index (χ4v) is 8.20. The smallest absolute Gasteiger partial charge is 0.135 e. The molecule has 0 fully saturated rings. The molecule has 9 aromatic rings. The van der Waals surface area contributed by atoms with E-state index in [1.807, 2.05) is 24.4 Å². The maximum Gasteiger partial charge on any atom is 0.135 e. The van der Waals surface area contributed by atoms with Gasteiger partial charge in [0.1, 0.15) is 5.82 Å². The van der Waals surface area contributed by atoms with Gasteiger partial charge in [-0.25, -0.2) is 4.98 Å². The minimum absolute atomic E-state index is 0. The Morgan fingerprint density at radius 3 is 2.12 bits per heavy atom. The fourth-order valence-electron chi connectivity index (χ4n) is 8.20. The molecule has 6 aromatic carbocycles. The van der Waals surface area contributed by atoms with Gasteiger partial charge < -0.3 is 23.7 Å². The first kappa shape index (κ1) is 36.8. The Kier molecular flexibility index (Phi) is 8.82. The van der Waals surface area contributed by atoms with E-state index in [1.54, 1.807) is 0 Å². The zero-order valence-corrected chi connectivity index (χ0v) is 35.1. The van der Waals surface area contributed by atoms with Crippen LogP contribution in [0.3, 0.4) is 0 Å². The third-order valence-corrected chi connectivity index (χ3v) is 10.9. The molecule has 3 aromatic heterocycles. The molecular weight excluding hydrogens is 882 g/mol. The molecule has 0 bridgehead atoms. The SMILES string of the molecule is CC(C)(C)c1ccnc(-n2c3[c-]c(Oc4[c-]c(N5[CH-]N(C(C)(C)C)c6ccccc65)ccc4)ccc3c3c2ccc2c4ccccc4n(-c4ccccc4)c23)c1.[Pt]. The third kappa shape index (κ3) is 6.09. The second kappa shape index (κ2) is 13.7. The molecule has 6 nitrogen and oxygen atoms in total. The van der Waals surface area contributed by atoms with E-state index >= 15 is 0 Å². The molecule has 0 N–H and O–H groups in total. The molecule has 0 amide bonds. The number of hydrogen-bond acceptors (Lipinski definition) is 4. The first-order valence-electron chi connectivity index (χ1n) is 19.2. The van der Waals surface area contributed by atoms with Crippen LogP contribution in [0.15, 0.2) is 140 Å². The average molecular weight is 924 g/mol. The Hall–Kier alpha value is -5.84. The van der Waals surface area contributed by atoms with Crippen molar-refractivity contribution >= 4 is 60.7 Å². The number of fused-ring (bicyclic) bond motifs is 8. The molecule has 0 unspecified atom stereocenters. The van der Waals surface area contributed by atoms with Crippen LogP contribution in [0.1, 0.15) is 47.1 Å². The Balaban J connectivity index is 0.00000422. The summed E-state index contributed by atoms with van der Waals surface area (Å²) >= 11 is 0. The first-order chi connectivity index (χ1) is 27.0. The molecule has 57 heavy (non-hydrogen) atoms. The second-order valence-corrected chi connectivity index (χ2v) is 16.6. The summed E-state index contributed by atoms with van der Waals surface area (Å²) in [6, 6.07) is 54.1. The van der Waals surface area contributed by atoms with Gasteiger partial charge in [0.05, 0.1) is 11.0 Å². The average Bonchev–Trinajstić information content (AvgIpc) is 3.86. The van der Waals surface area contributed by atoms with E-state index in [0.29, 0.717) is 11.5 Å². The minimum atomic E-state index is -0.0932. The number of aromatic nitrogens is 3. The van der Waals surface area contributed by atoms with E-state index in [-0.39, 0.29) is 32.0 Å². The van der Waals surface area contributed by atoms with E-state index < -0.39 is 0 Å². The van der Waals surface area contributed by atoms with E-state index in [0.717, 1.165) is 61.4 Å². The predicted molar refractivity (Wildman–Crippen MR) is 231 cm³/mol. The third-order valence-electron chi connectivity index (χ3n) is 10.9. The van der Waals surface area contributed by atoms with Gasteiger partial charge in [0.25, 0.3) is 0 Å². The molecular formula is C50H42N5OPt-3. The number of hydrogen-bond donors (Lipinski definition) is 0. The summed E-state index contributed by atoms with van der Waals surface area (Å²) in [4.78, 5) is 9.48. The number of rotatable bonds is 5. The fraction of sp³-hybridized carbons (Fsp3) is 0.160. The van der Waals surface area contributed by atoms with Crippen molar-refractivity contribution in [2.75, 3.05) is 9.80 Å². The van der Waals surface area contributed by atoms with Gasteiger partial charge in [-0.1, -0.05) is 86.3 Å². The minimum Gasteiger partial charge on any atom is -0.509 e. The summed E-state index contributed by atoms with van der Waals surface area (Å²) in [7, 11) is 0. The van der Waals surface area contributed by atoms with Crippen LogP contribution >= 0.6 is 0 Å². The molecule has 286 valence electrons. The number of anilines is 3. The predicted octanol–water partition coefficient (Wildman–Crippen LogP) is 12.8. The Labute approximate surface area is 348 Å². The number of para-hydroxylation sites is 4. The van der Waals surface area contributed by atoms with E-state index in [2.05, 4.69) is 195 Å². The van der Waals surface area contributed by atoms with Crippen LogP contribution in [0.4, 0.5) is 17.1 Å². The summed E-state index contributed by atoms with van der Waals surface area (Å²) in [5.74, 6) is 2.05. The quantitative estimate of drug-likeness (QED) is 0.161. The Morgan fingerprint density at radius 2 is 1.33 bits per heavy atom. The van der Waals surface area contributed by atoms with Crippen molar-refractivity contribution < 1.29 is 25.8 Å². The summed E-state index contributed by atoms with van der Waals surface area (Å²) < 4.78 is 11.3. The normalized spacial score (nSPS) is 13.2. The molecule has 7 heteroatoms. The van der Waals surface area contributed by atoms with Crippen molar-refractivity contribution in [3.63, 3.8) is 0 Å². The van der Waals surface area contributed by atoms with Gasteiger partial charge in [0, 0.05) is 77.7 Å². The Morgan fingerprint density at radius 1 is 0.614 bits per heavy atom. The van der Waals surface area contributed by atoms with E-state index in [1.165, 1.54) is 16.3 Å². The van der Waals surface area contributed by atoms with Crippen LogP contribution in [0.2, 0.25) is 0 Å². The zero-order chi connectivity index (χ0) is 38.3. The number of ether oxygens (including phenoxy) is 1. The van der Waals surface area contributed by atoms with Gasteiger partial charge in [0.15, 0.2) is 0 Å². The van der Waals surface area contributed by atoms with Crippen molar-refractivity contribution in [3.8, 4) is 23.0 Å². The van der Waals surface area contributed by atoms with Crippen LogP contribution in [-0.2, 0) is 26.5 Å². The monoisotopic (exact) mass is 923 g/mol. The molecule has 1 aliphatic rings. The number of nitrogens with zero attached hydrogens (tertiary/aromatic N) is 5. The van der Waals surface area contributed by atoms with Crippen molar-refractivity contribution in [2.45, 2.75) is 52.5 Å². The molecule has 10 rings (SSSR count). The molecule has 0 aliphatic carbocycles. The van der Waals surface area contributed by atoms with Gasteiger partial charge in [-0.15, -0.1) is 36.0 Å². The van der Waals surface area contributed by atoms with E-state index in [9.17, 15) is 0 Å². The zero-order valence-electron chi connectivity index (χ0n) is 32.8. The molecule has 0 atom stereocenters. The molecule has 0 saturated heterocycles. The summed E-state index contributed by atoms with van der Waals surface area (Å²) in [6.45, 7) is 15.5. The molecule has 1 aliphatic heterocycles. The molecule has 0 spiro atoms. The maximum atomic E-state index is 6.66. The maximum absolute atomic E-state index is 6.66. The van der Waals surface area contributed by atoms with Crippen LogP contribution in [0, 0.1) is 18.8 Å². The van der Waals surface area contributed by atoms with Crippen molar-refractivity contribution in [1.29, 1.82) is 0 Å². The van der Waals surface area contributed by atoms with Crippen LogP contribution < -0.4 is 14.5 Å². The summed E-state index contributed by atoms with van der Waals surface area (Å²) in [6.07, 6.45) is 1.92. The summed E-state index contributed by atoms with van der Waals surface area (Å²) in [5.41, 5.74) is 9.61. The first-order valence-corrected chi connectivity index (χ1v) is 19.2. The van der Waals surface area contributed by atoms with Gasteiger partial charge in [-0.05, 0) is 85.7 Å². The van der Waals surface area contributed by atoms with Crippen molar-refractivity contribution in [1.82, 2.24) is 14.1 Å².